The van der Waals surface area contributed by atoms with E-state index in [2.05, 4.69) is 17.8 Å². The van der Waals surface area contributed by atoms with Crippen molar-refractivity contribution in [2.24, 2.45) is 0 Å². The third kappa shape index (κ3) is 6.06. The number of ether oxygens (including phenoxy) is 2. The van der Waals surface area contributed by atoms with E-state index in [1.165, 1.54) is 5.56 Å². The van der Waals surface area contributed by atoms with Gasteiger partial charge in [-0.3, -0.25) is 15.6 Å². The molecule has 0 atom stereocenters. The SMILES string of the molecule is CCc1ccc(OCC(=O)NNc2ccc(OCc3ccccc3)cc2)cc1. The molecule has 0 aliphatic heterocycles. The Balaban J connectivity index is 1.39. The summed E-state index contributed by atoms with van der Waals surface area (Å²) >= 11 is 0. The van der Waals surface area contributed by atoms with Crippen LogP contribution in [0.3, 0.4) is 0 Å². The second kappa shape index (κ2) is 10.0. The van der Waals surface area contributed by atoms with Crippen LogP contribution in [0.15, 0.2) is 78.9 Å². The van der Waals surface area contributed by atoms with Crippen molar-refractivity contribution in [3.8, 4) is 11.5 Å². The van der Waals surface area contributed by atoms with Gasteiger partial charge in [0, 0.05) is 0 Å². The third-order valence-electron chi connectivity index (χ3n) is 4.15. The van der Waals surface area contributed by atoms with Crippen LogP contribution in [0.4, 0.5) is 5.69 Å². The molecule has 0 spiro atoms. The Morgan fingerprint density at radius 1 is 0.786 bits per heavy atom. The molecule has 0 fully saturated rings. The fourth-order valence-electron chi connectivity index (χ4n) is 2.52. The van der Waals surface area contributed by atoms with Crippen molar-refractivity contribution >= 4 is 11.6 Å². The van der Waals surface area contributed by atoms with Gasteiger partial charge in [0.25, 0.3) is 5.91 Å². The van der Waals surface area contributed by atoms with Crippen molar-refractivity contribution in [2.45, 2.75) is 20.0 Å². The number of hydrazine groups is 1. The van der Waals surface area contributed by atoms with E-state index in [0.717, 1.165) is 23.4 Å². The molecule has 0 heterocycles. The molecule has 0 aliphatic rings. The van der Waals surface area contributed by atoms with Crippen LogP contribution >= 0.6 is 0 Å². The van der Waals surface area contributed by atoms with Crippen LogP contribution in [0.1, 0.15) is 18.1 Å². The minimum absolute atomic E-state index is 0.0588. The minimum atomic E-state index is -0.260. The number of carbonyl (C=O) groups excluding carboxylic acids is 1. The first-order valence-electron chi connectivity index (χ1n) is 9.26. The lowest BCUT2D eigenvalue weighted by Gasteiger charge is -2.11. The molecule has 0 aromatic heterocycles. The standard InChI is InChI=1S/C23H24N2O3/c1-2-18-8-12-21(13-9-18)28-17-23(26)25-24-20-10-14-22(15-11-20)27-16-19-6-4-3-5-7-19/h3-15,24H,2,16-17H2,1H3,(H,25,26). The number of rotatable bonds is 9. The molecular weight excluding hydrogens is 352 g/mol. The van der Waals surface area contributed by atoms with Crippen LogP contribution in [0.2, 0.25) is 0 Å². The van der Waals surface area contributed by atoms with Crippen molar-refractivity contribution in [1.82, 2.24) is 5.43 Å². The zero-order chi connectivity index (χ0) is 19.6. The lowest BCUT2D eigenvalue weighted by atomic mass is 10.2. The van der Waals surface area contributed by atoms with Gasteiger partial charge in [-0.05, 0) is 53.9 Å². The first-order valence-corrected chi connectivity index (χ1v) is 9.26. The number of amides is 1. The molecule has 0 bridgehead atoms. The highest BCUT2D eigenvalue weighted by Crippen LogP contribution is 2.16. The maximum atomic E-state index is 11.9. The summed E-state index contributed by atoms with van der Waals surface area (Å²) < 4.78 is 11.2. The van der Waals surface area contributed by atoms with Gasteiger partial charge in [0.05, 0.1) is 5.69 Å². The van der Waals surface area contributed by atoms with Gasteiger partial charge in [-0.2, -0.15) is 0 Å². The van der Waals surface area contributed by atoms with Crippen LogP contribution in [0.5, 0.6) is 11.5 Å². The Labute approximate surface area is 165 Å². The average Bonchev–Trinajstić information content (AvgIpc) is 2.76. The zero-order valence-electron chi connectivity index (χ0n) is 15.9. The molecule has 2 N–H and O–H groups in total. The second-order valence-corrected chi connectivity index (χ2v) is 6.26. The van der Waals surface area contributed by atoms with Gasteiger partial charge in [0.2, 0.25) is 0 Å². The lowest BCUT2D eigenvalue weighted by molar-refractivity contribution is -0.122. The summed E-state index contributed by atoms with van der Waals surface area (Å²) in [6, 6.07) is 25.1. The molecule has 144 valence electrons. The summed E-state index contributed by atoms with van der Waals surface area (Å²) in [7, 11) is 0. The van der Waals surface area contributed by atoms with Crippen LogP contribution in [0.25, 0.3) is 0 Å². The van der Waals surface area contributed by atoms with Gasteiger partial charge in [-0.1, -0.05) is 49.4 Å². The van der Waals surface area contributed by atoms with Gasteiger partial charge >= 0.3 is 0 Å². The molecule has 5 heteroatoms. The molecule has 28 heavy (non-hydrogen) atoms. The van der Waals surface area contributed by atoms with E-state index in [1.54, 1.807) is 0 Å². The number of benzene rings is 3. The molecule has 0 radical (unpaired) electrons. The highest BCUT2D eigenvalue weighted by atomic mass is 16.5. The molecule has 3 aromatic rings. The van der Waals surface area contributed by atoms with E-state index < -0.39 is 0 Å². The summed E-state index contributed by atoms with van der Waals surface area (Å²) in [5, 5.41) is 0. The number of hydrogen-bond donors (Lipinski definition) is 2. The van der Waals surface area contributed by atoms with Gasteiger partial charge in [0.15, 0.2) is 6.61 Å². The predicted octanol–water partition coefficient (Wildman–Crippen LogP) is 4.35. The van der Waals surface area contributed by atoms with E-state index in [4.69, 9.17) is 9.47 Å². The molecule has 0 unspecified atom stereocenters. The van der Waals surface area contributed by atoms with Crippen molar-refractivity contribution < 1.29 is 14.3 Å². The summed E-state index contributed by atoms with van der Waals surface area (Å²) in [6.45, 7) is 2.55. The van der Waals surface area contributed by atoms with Gasteiger partial charge in [-0.15, -0.1) is 0 Å². The number of hydrogen-bond acceptors (Lipinski definition) is 4. The number of anilines is 1. The summed E-state index contributed by atoms with van der Waals surface area (Å²) in [5.74, 6) is 1.18. The Kier molecular flexibility index (Phi) is 6.90. The first-order chi connectivity index (χ1) is 13.7. The van der Waals surface area contributed by atoms with Crippen LogP contribution in [0, 0.1) is 0 Å². The number of nitrogens with one attached hydrogen (secondary N) is 2. The maximum Gasteiger partial charge on any atom is 0.276 e. The lowest BCUT2D eigenvalue weighted by Crippen LogP contribution is -2.33. The van der Waals surface area contributed by atoms with E-state index in [-0.39, 0.29) is 12.5 Å². The Morgan fingerprint density at radius 2 is 1.43 bits per heavy atom. The Hall–Kier alpha value is -3.47. The molecule has 0 aliphatic carbocycles. The first kappa shape index (κ1) is 19.3. The van der Waals surface area contributed by atoms with Gasteiger partial charge < -0.3 is 9.47 Å². The van der Waals surface area contributed by atoms with E-state index >= 15 is 0 Å². The van der Waals surface area contributed by atoms with Gasteiger partial charge in [-0.25, -0.2) is 0 Å². The van der Waals surface area contributed by atoms with Crippen molar-refractivity contribution in [3.63, 3.8) is 0 Å². The second-order valence-electron chi connectivity index (χ2n) is 6.26. The van der Waals surface area contributed by atoms with Crippen molar-refractivity contribution in [3.05, 3.63) is 90.0 Å². The molecule has 3 aromatic carbocycles. The highest BCUT2D eigenvalue weighted by Gasteiger charge is 2.03. The van der Waals surface area contributed by atoms with Crippen LogP contribution in [-0.4, -0.2) is 12.5 Å². The summed E-state index contributed by atoms with van der Waals surface area (Å²) in [5.41, 5.74) is 8.58. The fraction of sp³-hybridized carbons (Fsp3) is 0.174. The predicted molar refractivity (Wildman–Crippen MR) is 110 cm³/mol. The molecular formula is C23H24N2O3. The maximum absolute atomic E-state index is 11.9. The van der Waals surface area contributed by atoms with Gasteiger partial charge in [0.1, 0.15) is 18.1 Å². The fourth-order valence-corrected chi connectivity index (χ4v) is 2.52. The normalized spacial score (nSPS) is 10.2. The summed E-state index contributed by atoms with van der Waals surface area (Å²) in [6.07, 6.45) is 0.973. The van der Waals surface area contributed by atoms with Crippen LogP contribution in [-0.2, 0) is 17.8 Å². The Bertz CT molecular complexity index is 863. The molecule has 3 rings (SSSR count). The monoisotopic (exact) mass is 376 g/mol. The largest absolute Gasteiger partial charge is 0.489 e. The van der Waals surface area contributed by atoms with Crippen LogP contribution < -0.4 is 20.3 Å². The van der Waals surface area contributed by atoms with E-state index in [1.807, 2.05) is 78.9 Å². The number of aryl methyl sites for hydroxylation is 1. The third-order valence-corrected chi connectivity index (χ3v) is 4.15. The molecule has 0 saturated heterocycles. The van der Waals surface area contributed by atoms with Crippen molar-refractivity contribution in [2.75, 3.05) is 12.0 Å². The van der Waals surface area contributed by atoms with E-state index in [9.17, 15) is 4.79 Å². The zero-order valence-corrected chi connectivity index (χ0v) is 15.9. The Morgan fingerprint density at radius 3 is 2.11 bits per heavy atom. The summed E-state index contributed by atoms with van der Waals surface area (Å²) in [4.78, 5) is 11.9. The van der Waals surface area contributed by atoms with Crippen molar-refractivity contribution in [1.29, 1.82) is 0 Å². The molecule has 0 saturated carbocycles. The smallest absolute Gasteiger partial charge is 0.276 e. The average molecular weight is 376 g/mol. The topological polar surface area (TPSA) is 59.6 Å². The molecule has 1 amide bonds. The quantitative estimate of drug-likeness (QED) is 0.545. The number of carbonyl (C=O) groups is 1. The van der Waals surface area contributed by atoms with E-state index in [0.29, 0.717) is 12.4 Å². The highest BCUT2D eigenvalue weighted by molar-refractivity contribution is 5.78. The molecule has 5 nitrogen and oxygen atoms in total. The minimum Gasteiger partial charge on any atom is -0.489 e.